The normalized spacial score (nSPS) is 24.1. The summed E-state index contributed by atoms with van der Waals surface area (Å²) in [6.45, 7) is 3.02. The molecule has 1 saturated heterocycles. The third-order valence-electron chi connectivity index (χ3n) is 4.71. The van der Waals surface area contributed by atoms with E-state index in [0.717, 1.165) is 45.3 Å². The van der Waals surface area contributed by atoms with Crippen molar-refractivity contribution < 1.29 is 4.79 Å². The summed E-state index contributed by atoms with van der Waals surface area (Å²) in [5, 5.41) is 3.28. The second kappa shape index (κ2) is 7.03. The van der Waals surface area contributed by atoms with E-state index in [4.69, 9.17) is 0 Å². The predicted octanol–water partition coefficient (Wildman–Crippen LogP) is 2.35. The number of amides is 1. The molecule has 1 aromatic heterocycles. The Morgan fingerprint density at radius 3 is 2.90 bits per heavy atom. The predicted molar refractivity (Wildman–Crippen MR) is 82.6 cm³/mol. The van der Waals surface area contributed by atoms with Gasteiger partial charge in [-0.2, -0.15) is 0 Å². The zero-order valence-electron chi connectivity index (χ0n) is 12.6. The number of hydrogen-bond acceptors (Lipinski definition) is 3. The van der Waals surface area contributed by atoms with Crippen LogP contribution in [0.25, 0.3) is 0 Å². The van der Waals surface area contributed by atoms with Crippen molar-refractivity contribution in [3.05, 3.63) is 30.1 Å². The first kappa shape index (κ1) is 14.5. The summed E-state index contributed by atoms with van der Waals surface area (Å²) < 4.78 is 0. The number of pyridine rings is 1. The molecule has 0 unspecified atom stereocenters. The molecule has 4 nitrogen and oxygen atoms in total. The number of nitrogens with one attached hydrogen (secondary N) is 1. The highest BCUT2D eigenvalue weighted by Gasteiger charge is 2.27. The molecule has 2 heterocycles. The van der Waals surface area contributed by atoms with Crippen LogP contribution in [0.15, 0.2) is 24.5 Å². The molecule has 1 aromatic rings. The number of hydrogen-bond donors (Lipinski definition) is 1. The van der Waals surface area contributed by atoms with Crippen molar-refractivity contribution >= 4 is 5.91 Å². The molecule has 1 saturated carbocycles. The lowest BCUT2D eigenvalue weighted by molar-refractivity contribution is -0.125. The summed E-state index contributed by atoms with van der Waals surface area (Å²) >= 11 is 0. The van der Waals surface area contributed by atoms with E-state index in [0.29, 0.717) is 11.9 Å². The van der Waals surface area contributed by atoms with Crippen molar-refractivity contribution in [1.82, 2.24) is 15.2 Å². The molecule has 2 aliphatic rings. The van der Waals surface area contributed by atoms with Gasteiger partial charge in [0.25, 0.3) is 0 Å². The third-order valence-corrected chi connectivity index (χ3v) is 4.71. The lowest BCUT2D eigenvalue weighted by Crippen LogP contribution is -2.48. The lowest BCUT2D eigenvalue weighted by atomic mass is 10.0. The van der Waals surface area contributed by atoms with E-state index in [9.17, 15) is 4.79 Å². The Bertz CT molecular complexity index is 456. The van der Waals surface area contributed by atoms with E-state index in [-0.39, 0.29) is 5.92 Å². The van der Waals surface area contributed by atoms with Crippen molar-refractivity contribution in [2.24, 2.45) is 5.92 Å². The van der Waals surface area contributed by atoms with Gasteiger partial charge in [0.2, 0.25) is 5.91 Å². The standard InChI is InChI=1S/C17H25N3O/c21-17(15-6-1-2-7-15)19-16-8-4-10-20(13-16)12-14-5-3-9-18-11-14/h3,5,9,11,15-16H,1-2,4,6-8,10,12-13H2,(H,19,21)/t16-/m0/s1. The van der Waals surface area contributed by atoms with E-state index < -0.39 is 0 Å². The van der Waals surface area contributed by atoms with Crippen LogP contribution in [0.2, 0.25) is 0 Å². The quantitative estimate of drug-likeness (QED) is 0.924. The van der Waals surface area contributed by atoms with Crippen molar-refractivity contribution in [3.8, 4) is 0 Å². The number of carbonyl (C=O) groups is 1. The molecule has 114 valence electrons. The maximum Gasteiger partial charge on any atom is 0.223 e. The third kappa shape index (κ3) is 4.03. The van der Waals surface area contributed by atoms with Crippen LogP contribution in [-0.2, 0) is 11.3 Å². The summed E-state index contributed by atoms with van der Waals surface area (Å²) in [5.74, 6) is 0.569. The Kier molecular flexibility index (Phi) is 4.86. The first-order valence-corrected chi connectivity index (χ1v) is 8.23. The summed E-state index contributed by atoms with van der Waals surface area (Å²) in [7, 11) is 0. The number of piperidine rings is 1. The number of nitrogens with zero attached hydrogens (tertiary/aromatic N) is 2. The Morgan fingerprint density at radius 1 is 1.29 bits per heavy atom. The monoisotopic (exact) mass is 287 g/mol. The van der Waals surface area contributed by atoms with Crippen molar-refractivity contribution in [3.63, 3.8) is 0 Å². The summed E-state index contributed by atoms with van der Waals surface area (Å²) in [6.07, 6.45) is 10.6. The number of carbonyl (C=O) groups excluding carboxylic acids is 1. The fourth-order valence-corrected chi connectivity index (χ4v) is 3.57. The second-order valence-electron chi connectivity index (χ2n) is 6.43. The summed E-state index contributed by atoms with van der Waals surface area (Å²) in [6, 6.07) is 4.43. The van der Waals surface area contributed by atoms with Crippen LogP contribution in [0.4, 0.5) is 0 Å². The van der Waals surface area contributed by atoms with Crippen LogP contribution in [0, 0.1) is 5.92 Å². The molecule has 0 aromatic carbocycles. The average Bonchev–Trinajstić information content (AvgIpc) is 3.03. The Balaban J connectivity index is 1.49. The van der Waals surface area contributed by atoms with Gasteiger partial charge in [-0.1, -0.05) is 18.9 Å². The van der Waals surface area contributed by atoms with Crippen LogP contribution in [-0.4, -0.2) is 34.9 Å². The van der Waals surface area contributed by atoms with Crippen molar-refractivity contribution in [1.29, 1.82) is 0 Å². The van der Waals surface area contributed by atoms with E-state index in [1.165, 1.54) is 18.4 Å². The number of aromatic nitrogens is 1. The van der Waals surface area contributed by atoms with Gasteiger partial charge in [0.05, 0.1) is 0 Å². The molecule has 1 atom stereocenters. The fourth-order valence-electron chi connectivity index (χ4n) is 3.57. The zero-order valence-corrected chi connectivity index (χ0v) is 12.6. The maximum atomic E-state index is 12.2. The van der Waals surface area contributed by atoms with Crippen molar-refractivity contribution in [2.75, 3.05) is 13.1 Å². The van der Waals surface area contributed by atoms with Crippen molar-refractivity contribution in [2.45, 2.75) is 51.1 Å². The minimum absolute atomic E-state index is 0.277. The topological polar surface area (TPSA) is 45.2 Å². The highest BCUT2D eigenvalue weighted by molar-refractivity contribution is 5.79. The van der Waals surface area contributed by atoms with Gasteiger partial charge in [0.1, 0.15) is 0 Å². The molecule has 1 N–H and O–H groups in total. The van der Waals surface area contributed by atoms with Gasteiger partial charge in [-0.05, 0) is 43.9 Å². The zero-order chi connectivity index (χ0) is 14.5. The molecule has 3 rings (SSSR count). The number of rotatable bonds is 4. The van der Waals surface area contributed by atoms with Gasteiger partial charge < -0.3 is 5.32 Å². The lowest BCUT2D eigenvalue weighted by Gasteiger charge is -2.33. The molecule has 21 heavy (non-hydrogen) atoms. The fraction of sp³-hybridized carbons (Fsp3) is 0.647. The molecule has 0 radical (unpaired) electrons. The van der Waals surface area contributed by atoms with Gasteiger partial charge in [0.15, 0.2) is 0 Å². The molecule has 1 aliphatic heterocycles. The first-order chi connectivity index (χ1) is 10.3. The molecule has 0 spiro atoms. The van der Waals surface area contributed by atoms with Gasteiger partial charge >= 0.3 is 0 Å². The minimum atomic E-state index is 0.277. The Hall–Kier alpha value is -1.42. The van der Waals surface area contributed by atoms with Crippen LogP contribution in [0.3, 0.4) is 0 Å². The molecule has 1 aliphatic carbocycles. The smallest absolute Gasteiger partial charge is 0.223 e. The number of likely N-dealkylation sites (tertiary alicyclic amines) is 1. The van der Waals surface area contributed by atoms with Gasteiger partial charge in [-0.25, -0.2) is 0 Å². The Morgan fingerprint density at radius 2 is 2.14 bits per heavy atom. The Labute approximate surface area is 126 Å². The molecule has 4 heteroatoms. The summed E-state index contributed by atoms with van der Waals surface area (Å²) in [5.41, 5.74) is 1.25. The van der Waals surface area contributed by atoms with Gasteiger partial charge in [0, 0.05) is 37.4 Å². The van der Waals surface area contributed by atoms with Gasteiger partial charge in [-0.3, -0.25) is 14.7 Å². The minimum Gasteiger partial charge on any atom is -0.352 e. The average molecular weight is 287 g/mol. The largest absolute Gasteiger partial charge is 0.352 e. The molecule has 1 amide bonds. The van der Waals surface area contributed by atoms with E-state index in [1.807, 2.05) is 18.5 Å². The maximum absolute atomic E-state index is 12.2. The van der Waals surface area contributed by atoms with Crippen LogP contribution >= 0.6 is 0 Å². The van der Waals surface area contributed by atoms with E-state index in [1.54, 1.807) is 0 Å². The molecular formula is C17H25N3O. The van der Waals surface area contributed by atoms with Crippen LogP contribution in [0.1, 0.15) is 44.1 Å². The van der Waals surface area contributed by atoms with Crippen LogP contribution < -0.4 is 5.32 Å². The first-order valence-electron chi connectivity index (χ1n) is 8.23. The second-order valence-corrected chi connectivity index (χ2v) is 6.43. The van der Waals surface area contributed by atoms with Crippen LogP contribution in [0.5, 0.6) is 0 Å². The van der Waals surface area contributed by atoms with E-state index >= 15 is 0 Å². The molecule has 0 bridgehead atoms. The highest BCUT2D eigenvalue weighted by Crippen LogP contribution is 2.25. The van der Waals surface area contributed by atoms with E-state index in [2.05, 4.69) is 21.3 Å². The van der Waals surface area contributed by atoms with Gasteiger partial charge in [-0.15, -0.1) is 0 Å². The summed E-state index contributed by atoms with van der Waals surface area (Å²) in [4.78, 5) is 18.8. The SMILES string of the molecule is O=C(N[C@H]1CCCN(Cc2cccnc2)C1)C1CCCC1. The molecular weight excluding hydrogens is 262 g/mol. The highest BCUT2D eigenvalue weighted by atomic mass is 16.1. The molecule has 2 fully saturated rings.